The van der Waals surface area contributed by atoms with E-state index >= 15 is 0 Å². The Morgan fingerprint density at radius 3 is 2.73 bits per heavy atom. The highest BCUT2D eigenvalue weighted by Crippen LogP contribution is 2.31. The molecule has 2 aliphatic heterocycles. The third-order valence-corrected chi connectivity index (χ3v) is 8.19. The molecule has 4 rings (SSSR count). The fourth-order valence-corrected chi connectivity index (χ4v) is 5.64. The SMILES string of the molecule is Cc1cc(NC(=O)c2cc(N3CCC(C)S3(=O)=O)ncc2Cl)cc(C2CCOC2)c1. The van der Waals surface area contributed by atoms with E-state index in [1.165, 1.54) is 16.6 Å². The lowest BCUT2D eigenvalue weighted by atomic mass is 9.96. The Bertz CT molecular complexity index is 1080. The van der Waals surface area contributed by atoms with Gasteiger partial charge in [0.15, 0.2) is 0 Å². The predicted molar refractivity (Wildman–Crippen MR) is 117 cm³/mol. The smallest absolute Gasteiger partial charge is 0.257 e. The van der Waals surface area contributed by atoms with Crippen LogP contribution in [0.1, 0.15) is 47.2 Å². The van der Waals surface area contributed by atoms with E-state index in [9.17, 15) is 13.2 Å². The van der Waals surface area contributed by atoms with Gasteiger partial charge in [-0.2, -0.15) is 0 Å². The molecule has 1 N–H and O–H groups in total. The number of aromatic nitrogens is 1. The first kappa shape index (κ1) is 21.1. The van der Waals surface area contributed by atoms with Crippen molar-refractivity contribution in [3.05, 3.63) is 52.2 Å². The molecule has 0 saturated carbocycles. The van der Waals surface area contributed by atoms with Crippen molar-refractivity contribution in [1.82, 2.24) is 4.98 Å². The maximum absolute atomic E-state index is 13.0. The van der Waals surface area contributed by atoms with Crippen molar-refractivity contribution < 1.29 is 17.9 Å². The lowest BCUT2D eigenvalue weighted by molar-refractivity contribution is 0.102. The monoisotopic (exact) mass is 449 g/mol. The van der Waals surface area contributed by atoms with Gasteiger partial charge in [-0.25, -0.2) is 13.4 Å². The lowest BCUT2D eigenvalue weighted by Gasteiger charge is -2.18. The summed E-state index contributed by atoms with van der Waals surface area (Å²) >= 11 is 6.22. The molecule has 0 aliphatic carbocycles. The number of nitrogens with one attached hydrogen (secondary N) is 1. The summed E-state index contributed by atoms with van der Waals surface area (Å²) < 4.78 is 31.7. The normalized spacial score (nSPS) is 23.0. The van der Waals surface area contributed by atoms with Gasteiger partial charge in [0.05, 0.1) is 22.4 Å². The summed E-state index contributed by atoms with van der Waals surface area (Å²) in [6.45, 7) is 5.41. The van der Waals surface area contributed by atoms with Crippen molar-refractivity contribution in [3.8, 4) is 0 Å². The van der Waals surface area contributed by atoms with E-state index in [4.69, 9.17) is 16.3 Å². The molecule has 2 aliphatic rings. The fraction of sp³-hybridized carbons (Fsp3) is 0.429. The van der Waals surface area contributed by atoms with Crippen LogP contribution in [0.15, 0.2) is 30.5 Å². The second kappa shape index (κ2) is 8.17. The molecule has 0 radical (unpaired) electrons. The number of ether oxygens (including phenoxy) is 1. The number of nitrogens with zero attached hydrogens (tertiary/aromatic N) is 2. The maximum Gasteiger partial charge on any atom is 0.257 e. The molecule has 2 aromatic rings. The molecule has 9 heteroatoms. The summed E-state index contributed by atoms with van der Waals surface area (Å²) in [5.41, 5.74) is 3.01. The van der Waals surface area contributed by atoms with Crippen molar-refractivity contribution in [3.63, 3.8) is 0 Å². The number of anilines is 2. The molecule has 3 heterocycles. The number of rotatable bonds is 4. The van der Waals surface area contributed by atoms with Crippen LogP contribution in [0, 0.1) is 6.92 Å². The third-order valence-electron chi connectivity index (χ3n) is 5.65. The zero-order valence-electron chi connectivity index (χ0n) is 16.9. The second-order valence-corrected chi connectivity index (χ2v) is 10.6. The van der Waals surface area contributed by atoms with Crippen LogP contribution in [-0.4, -0.2) is 44.3 Å². The zero-order valence-corrected chi connectivity index (χ0v) is 18.5. The molecule has 160 valence electrons. The predicted octanol–water partition coefficient (Wildman–Crippen LogP) is 3.73. The van der Waals surface area contributed by atoms with E-state index in [0.29, 0.717) is 31.2 Å². The molecule has 2 fully saturated rings. The van der Waals surface area contributed by atoms with E-state index in [1.54, 1.807) is 6.92 Å². The maximum atomic E-state index is 13.0. The van der Waals surface area contributed by atoms with Gasteiger partial charge < -0.3 is 10.1 Å². The molecule has 1 amide bonds. The Kier molecular flexibility index (Phi) is 5.74. The summed E-state index contributed by atoms with van der Waals surface area (Å²) in [6, 6.07) is 7.38. The van der Waals surface area contributed by atoms with Crippen LogP contribution in [0.25, 0.3) is 0 Å². The Hall–Kier alpha value is -2.16. The van der Waals surface area contributed by atoms with Gasteiger partial charge in [-0.15, -0.1) is 0 Å². The van der Waals surface area contributed by atoms with Gasteiger partial charge in [-0.1, -0.05) is 17.7 Å². The van der Waals surface area contributed by atoms with Crippen LogP contribution in [-0.2, 0) is 14.8 Å². The molecule has 2 atom stereocenters. The number of sulfonamides is 1. The average molecular weight is 450 g/mol. The Balaban J connectivity index is 1.60. The minimum atomic E-state index is -3.47. The second-order valence-electron chi connectivity index (χ2n) is 7.89. The van der Waals surface area contributed by atoms with Crippen LogP contribution in [0.5, 0.6) is 0 Å². The molecule has 0 bridgehead atoms. The van der Waals surface area contributed by atoms with Crippen LogP contribution < -0.4 is 9.62 Å². The van der Waals surface area contributed by atoms with E-state index < -0.39 is 21.2 Å². The van der Waals surface area contributed by atoms with Crippen LogP contribution in [0.4, 0.5) is 11.5 Å². The summed E-state index contributed by atoms with van der Waals surface area (Å²) in [7, 11) is -3.47. The fourth-order valence-electron chi connectivity index (χ4n) is 3.89. The standard InChI is InChI=1S/C21H24ClN3O4S/c1-13-7-16(15-4-6-29-12-15)9-17(8-13)24-21(26)18-10-20(23-11-19(18)22)25-5-3-14(2)30(25,27)28/h7-11,14-15H,3-6,12H2,1-2H3,(H,24,26). The highest BCUT2D eigenvalue weighted by atomic mass is 35.5. The molecule has 30 heavy (non-hydrogen) atoms. The summed E-state index contributed by atoms with van der Waals surface area (Å²) in [4.78, 5) is 17.1. The Labute approximate surface area is 181 Å². The van der Waals surface area contributed by atoms with Gasteiger partial charge in [0, 0.05) is 31.0 Å². The number of benzene rings is 1. The van der Waals surface area contributed by atoms with Crippen LogP contribution in [0.2, 0.25) is 5.02 Å². The molecular weight excluding hydrogens is 426 g/mol. The summed E-state index contributed by atoms with van der Waals surface area (Å²) in [6.07, 6.45) is 2.80. The van der Waals surface area contributed by atoms with E-state index in [-0.39, 0.29) is 16.4 Å². The number of amides is 1. The minimum absolute atomic E-state index is 0.165. The van der Waals surface area contributed by atoms with Crippen molar-refractivity contribution in [2.24, 2.45) is 0 Å². The van der Waals surface area contributed by atoms with E-state index in [0.717, 1.165) is 24.2 Å². The molecule has 7 nitrogen and oxygen atoms in total. The molecule has 2 saturated heterocycles. The van der Waals surface area contributed by atoms with Crippen LogP contribution in [0.3, 0.4) is 0 Å². The molecule has 1 aromatic carbocycles. The van der Waals surface area contributed by atoms with E-state index in [2.05, 4.69) is 16.4 Å². The quantitative estimate of drug-likeness (QED) is 0.768. The number of halogens is 1. The highest BCUT2D eigenvalue weighted by molar-refractivity contribution is 7.93. The lowest BCUT2D eigenvalue weighted by Crippen LogP contribution is -2.29. The van der Waals surface area contributed by atoms with Crippen molar-refractivity contribution in [2.75, 3.05) is 29.4 Å². The molecule has 1 aromatic heterocycles. The number of aryl methyl sites for hydroxylation is 1. The molecular formula is C21H24ClN3O4S. The van der Waals surface area contributed by atoms with Crippen molar-refractivity contribution >= 4 is 39.0 Å². The number of hydrogen-bond donors (Lipinski definition) is 1. The largest absolute Gasteiger partial charge is 0.381 e. The van der Waals surface area contributed by atoms with Gasteiger partial charge in [-0.3, -0.25) is 9.10 Å². The summed E-state index contributed by atoms with van der Waals surface area (Å²) in [5.74, 6) is 0.119. The zero-order chi connectivity index (χ0) is 21.5. The molecule has 2 unspecified atom stereocenters. The van der Waals surface area contributed by atoms with Gasteiger partial charge in [-0.05, 0) is 56.0 Å². The minimum Gasteiger partial charge on any atom is -0.381 e. The first-order valence-electron chi connectivity index (χ1n) is 9.93. The number of hydrogen-bond acceptors (Lipinski definition) is 5. The Morgan fingerprint density at radius 1 is 1.27 bits per heavy atom. The van der Waals surface area contributed by atoms with E-state index in [1.807, 2.05) is 19.1 Å². The molecule has 0 spiro atoms. The van der Waals surface area contributed by atoms with Gasteiger partial charge in [0.1, 0.15) is 5.82 Å². The first-order valence-corrected chi connectivity index (χ1v) is 11.8. The van der Waals surface area contributed by atoms with Gasteiger partial charge in [0.2, 0.25) is 10.0 Å². The first-order chi connectivity index (χ1) is 14.3. The van der Waals surface area contributed by atoms with Gasteiger partial charge >= 0.3 is 0 Å². The van der Waals surface area contributed by atoms with Crippen molar-refractivity contribution in [1.29, 1.82) is 0 Å². The van der Waals surface area contributed by atoms with Gasteiger partial charge in [0.25, 0.3) is 5.91 Å². The third kappa shape index (κ3) is 4.04. The topological polar surface area (TPSA) is 88.6 Å². The number of carbonyl (C=O) groups excluding carboxylic acids is 1. The van der Waals surface area contributed by atoms with Crippen molar-refractivity contribution in [2.45, 2.75) is 37.9 Å². The number of pyridine rings is 1. The average Bonchev–Trinajstić information content (AvgIpc) is 3.31. The van der Waals surface area contributed by atoms with Crippen LogP contribution >= 0.6 is 11.6 Å². The Morgan fingerprint density at radius 2 is 2.07 bits per heavy atom. The number of carbonyl (C=O) groups is 1. The highest BCUT2D eigenvalue weighted by Gasteiger charge is 2.36. The summed E-state index contributed by atoms with van der Waals surface area (Å²) in [5, 5.41) is 2.58.